The number of amides is 1. The molecule has 0 aliphatic rings. The van der Waals surface area contributed by atoms with Crippen LogP contribution in [-0.4, -0.2) is 23.6 Å². The van der Waals surface area contributed by atoms with E-state index in [1.165, 1.54) is 17.9 Å². The van der Waals surface area contributed by atoms with Crippen molar-refractivity contribution in [3.05, 3.63) is 76.6 Å². The standard InChI is InChI=1S/C22H20N4O3/c1-13-5-4-6-18(14(13)2)25-21(27)15-7-9-17(10-8-15)26-12-16(11-23)19(24)20(26)22(28)29-3/h4-10,12H,24H2,1-3H3,(H,25,27). The first-order valence-electron chi connectivity index (χ1n) is 8.84. The average molecular weight is 388 g/mol. The van der Waals surface area contributed by atoms with E-state index in [0.29, 0.717) is 11.3 Å². The number of carbonyl (C=O) groups is 2. The first kappa shape index (κ1) is 19.7. The Hall–Kier alpha value is -4.05. The molecule has 1 amide bonds. The van der Waals surface area contributed by atoms with E-state index in [1.54, 1.807) is 24.3 Å². The number of benzene rings is 2. The van der Waals surface area contributed by atoms with Crippen LogP contribution in [0.5, 0.6) is 0 Å². The van der Waals surface area contributed by atoms with Crippen molar-refractivity contribution in [2.45, 2.75) is 13.8 Å². The molecule has 0 saturated heterocycles. The number of nitrogens with two attached hydrogens (primary N) is 1. The summed E-state index contributed by atoms with van der Waals surface area (Å²) in [6.45, 7) is 3.93. The molecule has 0 unspecified atom stereocenters. The number of aromatic nitrogens is 1. The second-order valence-corrected chi connectivity index (χ2v) is 6.53. The van der Waals surface area contributed by atoms with Crippen molar-refractivity contribution in [1.29, 1.82) is 5.26 Å². The van der Waals surface area contributed by atoms with E-state index < -0.39 is 5.97 Å². The van der Waals surface area contributed by atoms with Crippen molar-refractivity contribution in [2.24, 2.45) is 0 Å². The predicted octanol–water partition coefficient (Wildman–Crippen LogP) is 3.59. The van der Waals surface area contributed by atoms with Gasteiger partial charge in [-0.1, -0.05) is 12.1 Å². The van der Waals surface area contributed by atoms with Crippen molar-refractivity contribution in [3.63, 3.8) is 0 Å². The Bertz CT molecular complexity index is 1140. The van der Waals surface area contributed by atoms with Gasteiger partial charge in [-0.3, -0.25) is 4.79 Å². The zero-order chi connectivity index (χ0) is 21.1. The molecule has 7 nitrogen and oxygen atoms in total. The van der Waals surface area contributed by atoms with Crippen LogP contribution in [0.3, 0.4) is 0 Å². The van der Waals surface area contributed by atoms with Gasteiger partial charge in [0.1, 0.15) is 6.07 Å². The van der Waals surface area contributed by atoms with Crippen molar-refractivity contribution < 1.29 is 14.3 Å². The molecule has 0 saturated carbocycles. The third-order valence-electron chi connectivity index (χ3n) is 4.80. The number of aryl methyl sites for hydroxylation is 1. The lowest BCUT2D eigenvalue weighted by Crippen LogP contribution is -2.14. The summed E-state index contributed by atoms with van der Waals surface area (Å²) in [4.78, 5) is 24.7. The van der Waals surface area contributed by atoms with Crippen LogP contribution < -0.4 is 11.1 Å². The van der Waals surface area contributed by atoms with Gasteiger partial charge < -0.3 is 20.4 Å². The summed E-state index contributed by atoms with van der Waals surface area (Å²) in [5.41, 5.74) is 10.1. The van der Waals surface area contributed by atoms with E-state index in [4.69, 9.17) is 10.5 Å². The molecule has 1 heterocycles. The number of ether oxygens (including phenoxy) is 1. The monoisotopic (exact) mass is 388 g/mol. The van der Waals surface area contributed by atoms with E-state index in [-0.39, 0.29) is 22.9 Å². The highest BCUT2D eigenvalue weighted by Crippen LogP contribution is 2.25. The molecule has 146 valence electrons. The van der Waals surface area contributed by atoms with Gasteiger partial charge in [-0.2, -0.15) is 5.26 Å². The summed E-state index contributed by atoms with van der Waals surface area (Å²) >= 11 is 0. The van der Waals surface area contributed by atoms with Crippen LogP contribution >= 0.6 is 0 Å². The van der Waals surface area contributed by atoms with Gasteiger partial charge in [0.15, 0.2) is 5.69 Å². The van der Waals surface area contributed by atoms with E-state index in [0.717, 1.165) is 16.8 Å². The highest BCUT2D eigenvalue weighted by atomic mass is 16.5. The molecule has 0 aliphatic heterocycles. The number of esters is 1. The third-order valence-corrected chi connectivity index (χ3v) is 4.80. The number of nitriles is 1. The van der Waals surface area contributed by atoms with Gasteiger partial charge in [0.05, 0.1) is 18.4 Å². The minimum atomic E-state index is -0.652. The van der Waals surface area contributed by atoms with Gasteiger partial charge in [-0.15, -0.1) is 0 Å². The molecular weight excluding hydrogens is 368 g/mol. The number of carbonyl (C=O) groups excluding carboxylic acids is 2. The Morgan fingerprint density at radius 2 is 1.83 bits per heavy atom. The first-order chi connectivity index (χ1) is 13.9. The van der Waals surface area contributed by atoms with Gasteiger partial charge >= 0.3 is 5.97 Å². The van der Waals surface area contributed by atoms with E-state index in [2.05, 4.69) is 5.32 Å². The Kier molecular flexibility index (Phi) is 5.37. The number of rotatable bonds is 4. The van der Waals surface area contributed by atoms with Crippen molar-refractivity contribution in [3.8, 4) is 11.8 Å². The summed E-state index contributed by atoms with van der Waals surface area (Å²) in [5, 5.41) is 12.1. The normalized spacial score (nSPS) is 10.3. The number of nitrogens with one attached hydrogen (secondary N) is 1. The Morgan fingerprint density at radius 1 is 1.14 bits per heavy atom. The molecule has 0 atom stereocenters. The van der Waals surface area contributed by atoms with Crippen LogP contribution in [0.4, 0.5) is 11.4 Å². The van der Waals surface area contributed by atoms with Crippen LogP contribution in [-0.2, 0) is 4.74 Å². The Morgan fingerprint density at radius 3 is 2.45 bits per heavy atom. The van der Waals surface area contributed by atoms with Gasteiger partial charge in [-0.05, 0) is 55.3 Å². The zero-order valence-corrected chi connectivity index (χ0v) is 16.3. The van der Waals surface area contributed by atoms with Gasteiger partial charge in [0, 0.05) is 23.1 Å². The maximum atomic E-state index is 12.6. The number of methoxy groups -OCH3 is 1. The summed E-state index contributed by atoms with van der Waals surface area (Å²) in [7, 11) is 1.24. The highest BCUT2D eigenvalue weighted by Gasteiger charge is 2.21. The summed E-state index contributed by atoms with van der Waals surface area (Å²) in [6.07, 6.45) is 1.47. The number of hydrogen-bond donors (Lipinski definition) is 2. The molecule has 1 aromatic heterocycles. The van der Waals surface area contributed by atoms with Crippen LogP contribution in [0.15, 0.2) is 48.7 Å². The van der Waals surface area contributed by atoms with Crippen LogP contribution in [0, 0.1) is 25.2 Å². The number of hydrogen-bond acceptors (Lipinski definition) is 5. The van der Waals surface area contributed by atoms with Crippen molar-refractivity contribution in [2.75, 3.05) is 18.2 Å². The molecule has 0 radical (unpaired) electrons. The van der Waals surface area contributed by atoms with Gasteiger partial charge in [0.25, 0.3) is 5.91 Å². The second kappa shape index (κ2) is 7.90. The van der Waals surface area contributed by atoms with Crippen molar-refractivity contribution in [1.82, 2.24) is 4.57 Å². The summed E-state index contributed by atoms with van der Waals surface area (Å²) in [6, 6.07) is 14.3. The lowest BCUT2D eigenvalue weighted by Gasteiger charge is -2.12. The zero-order valence-electron chi connectivity index (χ0n) is 16.3. The average Bonchev–Trinajstić information content (AvgIpc) is 3.07. The topological polar surface area (TPSA) is 110 Å². The largest absolute Gasteiger partial charge is 0.464 e. The third kappa shape index (κ3) is 3.69. The van der Waals surface area contributed by atoms with E-state index in [1.807, 2.05) is 38.1 Å². The molecule has 3 N–H and O–H groups in total. The molecule has 3 aromatic rings. The molecule has 0 spiro atoms. The number of nitrogens with zero attached hydrogens (tertiary/aromatic N) is 2. The fraction of sp³-hybridized carbons (Fsp3) is 0.136. The second-order valence-electron chi connectivity index (χ2n) is 6.53. The molecule has 0 aliphatic carbocycles. The van der Waals surface area contributed by atoms with Crippen LogP contribution in [0.2, 0.25) is 0 Å². The van der Waals surface area contributed by atoms with Crippen LogP contribution in [0.1, 0.15) is 37.5 Å². The molecular formula is C22H20N4O3. The maximum Gasteiger partial charge on any atom is 0.357 e. The minimum absolute atomic E-state index is 0.0519. The lowest BCUT2D eigenvalue weighted by molar-refractivity contribution is 0.0593. The minimum Gasteiger partial charge on any atom is -0.464 e. The fourth-order valence-electron chi connectivity index (χ4n) is 2.97. The fourth-order valence-corrected chi connectivity index (χ4v) is 2.97. The molecule has 7 heteroatoms. The van der Waals surface area contributed by atoms with E-state index in [9.17, 15) is 14.9 Å². The summed E-state index contributed by atoms with van der Waals surface area (Å²) < 4.78 is 6.25. The molecule has 0 bridgehead atoms. The number of nitrogen functional groups attached to an aromatic ring is 1. The Labute approximate surface area is 168 Å². The molecule has 3 rings (SSSR count). The SMILES string of the molecule is COC(=O)c1c(N)c(C#N)cn1-c1ccc(C(=O)Nc2cccc(C)c2C)cc1. The van der Waals surface area contributed by atoms with Gasteiger partial charge in [-0.25, -0.2) is 4.79 Å². The van der Waals surface area contributed by atoms with Crippen molar-refractivity contribution >= 4 is 23.3 Å². The summed E-state index contributed by atoms with van der Waals surface area (Å²) in [5.74, 6) is -0.899. The number of anilines is 2. The Balaban J connectivity index is 1.91. The van der Waals surface area contributed by atoms with Crippen LogP contribution in [0.25, 0.3) is 5.69 Å². The predicted molar refractivity (Wildman–Crippen MR) is 110 cm³/mol. The van der Waals surface area contributed by atoms with E-state index >= 15 is 0 Å². The lowest BCUT2D eigenvalue weighted by atomic mass is 10.1. The molecule has 29 heavy (non-hydrogen) atoms. The smallest absolute Gasteiger partial charge is 0.357 e. The maximum absolute atomic E-state index is 12.6. The first-order valence-corrected chi connectivity index (χ1v) is 8.84. The molecule has 2 aromatic carbocycles. The molecule has 0 fully saturated rings. The van der Waals surface area contributed by atoms with Gasteiger partial charge in [0.2, 0.25) is 0 Å². The highest BCUT2D eigenvalue weighted by molar-refractivity contribution is 6.05. The quantitative estimate of drug-likeness (QED) is 0.664.